The van der Waals surface area contributed by atoms with Crippen LogP contribution in [0.5, 0.6) is 0 Å². The maximum atomic E-state index is 13.4. The van der Waals surface area contributed by atoms with Gasteiger partial charge in [0.2, 0.25) is 0 Å². The predicted molar refractivity (Wildman–Crippen MR) is 62.2 cm³/mol. The lowest BCUT2D eigenvalue weighted by Crippen LogP contribution is -2.29. The minimum atomic E-state index is -0.953. The molecule has 0 amide bonds. The van der Waals surface area contributed by atoms with Crippen LogP contribution in [0, 0.1) is 16.5 Å². The molecule has 2 aromatic rings. The van der Waals surface area contributed by atoms with Crippen molar-refractivity contribution in [3.05, 3.63) is 67.3 Å². The zero-order chi connectivity index (χ0) is 14.0. The van der Waals surface area contributed by atoms with Crippen molar-refractivity contribution in [3.63, 3.8) is 0 Å². The second-order valence-electron chi connectivity index (χ2n) is 3.69. The summed E-state index contributed by atoms with van der Waals surface area (Å²) in [5, 5.41) is 2.42. The Morgan fingerprint density at radius 3 is 2.42 bits per heavy atom. The Morgan fingerprint density at radius 2 is 1.84 bits per heavy atom. The maximum Gasteiger partial charge on any atom is 0.328 e. The van der Waals surface area contributed by atoms with Crippen LogP contribution in [0.3, 0.4) is 0 Å². The predicted octanol–water partition coefficient (Wildman–Crippen LogP) is 1.26. The van der Waals surface area contributed by atoms with Gasteiger partial charge in [-0.2, -0.15) is 0 Å². The van der Waals surface area contributed by atoms with Crippen LogP contribution in [-0.4, -0.2) is 9.55 Å². The number of hydrogen-bond acceptors (Lipinski definition) is 4. The zero-order valence-electron chi connectivity index (χ0n) is 9.39. The van der Waals surface area contributed by atoms with Crippen molar-refractivity contribution < 1.29 is 8.78 Å². The smallest absolute Gasteiger partial charge is 0.294 e. The van der Waals surface area contributed by atoms with Crippen molar-refractivity contribution in [2.75, 3.05) is 0 Å². The normalized spacial score (nSPS) is 10.4. The van der Waals surface area contributed by atoms with E-state index in [2.05, 4.69) is 5.18 Å². The number of benzene rings is 1. The molecule has 98 valence electrons. The first-order chi connectivity index (χ1) is 9.02. The average Bonchev–Trinajstić information content (AvgIpc) is 2.36. The van der Waals surface area contributed by atoms with Gasteiger partial charge in [0.1, 0.15) is 11.6 Å². The number of halogens is 2. The Hall–Kier alpha value is -2.64. The van der Waals surface area contributed by atoms with Gasteiger partial charge in [-0.1, -0.05) is 6.07 Å². The summed E-state index contributed by atoms with van der Waals surface area (Å²) in [6, 6.07) is 3.25. The first-order valence-corrected chi connectivity index (χ1v) is 5.13. The standard InChI is InChI=1S/C11H7F2N3O3/c12-7-2-1-3-8(13)6(7)4-16-5-9(15-19)10(17)14-11(16)18/h1-3,5H,4H2,(H,14,17,18). The van der Waals surface area contributed by atoms with E-state index in [0.29, 0.717) is 0 Å². The van der Waals surface area contributed by atoms with Gasteiger partial charge in [0.15, 0.2) is 5.69 Å². The molecular weight excluding hydrogens is 260 g/mol. The lowest BCUT2D eigenvalue weighted by molar-refractivity contribution is 0.539. The van der Waals surface area contributed by atoms with Gasteiger partial charge in [-0.25, -0.2) is 13.6 Å². The molecular formula is C11H7F2N3O3. The second-order valence-corrected chi connectivity index (χ2v) is 3.69. The van der Waals surface area contributed by atoms with Crippen LogP contribution >= 0.6 is 0 Å². The highest BCUT2D eigenvalue weighted by atomic mass is 19.1. The van der Waals surface area contributed by atoms with Crippen LogP contribution in [0.4, 0.5) is 14.5 Å². The van der Waals surface area contributed by atoms with Crippen LogP contribution in [-0.2, 0) is 6.54 Å². The van der Waals surface area contributed by atoms with Crippen molar-refractivity contribution in [3.8, 4) is 0 Å². The molecule has 0 aliphatic carbocycles. The van der Waals surface area contributed by atoms with Crippen molar-refractivity contribution in [1.82, 2.24) is 9.55 Å². The number of nitrogens with zero attached hydrogens (tertiary/aromatic N) is 2. The van der Waals surface area contributed by atoms with E-state index in [1.165, 1.54) is 6.07 Å². The molecule has 0 spiro atoms. The Balaban J connectivity index is 2.53. The van der Waals surface area contributed by atoms with E-state index in [0.717, 1.165) is 22.9 Å². The summed E-state index contributed by atoms with van der Waals surface area (Å²) in [6.45, 7) is -0.462. The van der Waals surface area contributed by atoms with Crippen LogP contribution in [0.25, 0.3) is 0 Å². The molecule has 19 heavy (non-hydrogen) atoms. The average molecular weight is 267 g/mol. The van der Waals surface area contributed by atoms with Crippen LogP contribution in [0.15, 0.2) is 39.2 Å². The fourth-order valence-electron chi connectivity index (χ4n) is 1.53. The molecule has 0 fully saturated rings. The number of nitrogens with one attached hydrogen (secondary N) is 1. The van der Waals surface area contributed by atoms with Crippen LogP contribution < -0.4 is 11.2 Å². The molecule has 1 aromatic heterocycles. The molecule has 0 bridgehead atoms. The SMILES string of the molecule is O=Nc1cn(Cc2c(F)cccc2F)c(=O)[nH]c1=O. The number of aromatic amines is 1. The van der Waals surface area contributed by atoms with E-state index >= 15 is 0 Å². The maximum absolute atomic E-state index is 13.4. The third kappa shape index (κ3) is 2.46. The third-order valence-corrected chi connectivity index (χ3v) is 2.48. The first-order valence-electron chi connectivity index (χ1n) is 5.13. The van der Waals surface area contributed by atoms with E-state index < -0.39 is 35.1 Å². The van der Waals surface area contributed by atoms with Gasteiger partial charge in [-0.05, 0) is 17.3 Å². The highest BCUT2D eigenvalue weighted by Crippen LogP contribution is 2.13. The van der Waals surface area contributed by atoms with Crippen molar-refractivity contribution in [2.24, 2.45) is 5.18 Å². The molecule has 8 heteroatoms. The Kier molecular flexibility index (Phi) is 3.32. The summed E-state index contributed by atoms with van der Waals surface area (Å²) in [4.78, 5) is 34.7. The Bertz CT molecular complexity index is 731. The number of aromatic nitrogens is 2. The van der Waals surface area contributed by atoms with Gasteiger partial charge < -0.3 is 0 Å². The number of H-pyrrole nitrogens is 1. The topological polar surface area (TPSA) is 84.3 Å². The van der Waals surface area contributed by atoms with Gasteiger partial charge in [-0.15, -0.1) is 4.91 Å². The summed E-state index contributed by atoms with van der Waals surface area (Å²) in [5.41, 5.74) is -2.74. The number of nitroso groups, excluding NO2 is 1. The number of rotatable bonds is 3. The summed E-state index contributed by atoms with van der Waals surface area (Å²) in [6.07, 6.45) is 0.847. The Labute approximate surface area is 104 Å². The fourth-order valence-corrected chi connectivity index (χ4v) is 1.53. The van der Waals surface area contributed by atoms with Gasteiger partial charge in [-0.3, -0.25) is 14.3 Å². The molecule has 1 N–H and O–H groups in total. The van der Waals surface area contributed by atoms with Crippen LogP contribution in [0.1, 0.15) is 5.56 Å². The molecule has 0 unspecified atom stereocenters. The lowest BCUT2D eigenvalue weighted by Gasteiger charge is -2.07. The highest BCUT2D eigenvalue weighted by Gasteiger charge is 2.11. The van der Waals surface area contributed by atoms with E-state index in [9.17, 15) is 23.3 Å². The molecule has 1 heterocycles. The van der Waals surface area contributed by atoms with Gasteiger partial charge in [0, 0.05) is 11.8 Å². The molecule has 6 nitrogen and oxygen atoms in total. The first kappa shape index (κ1) is 12.8. The minimum Gasteiger partial charge on any atom is -0.294 e. The molecule has 0 saturated heterocycles. The molecule has 0 aliphatic rings. The van der Waals surface area contributed by atoms with E-state index in [1.807, 2.05) is 4.98 Å². The lowest BCUT2D eigenvalue weighted by atomic mass is 10.2. The van der Waals surface area contributed by atoms with Crippen molar-refractivity contribution in [2.45, 2.75) is 6.54 Å². The van der Waals surface area contributed by atoms with Gasteiger partial charge >= 0.3 is 5.69 Å². The molecule has 0 atom stereocenters. The largest absolute Gasteiger partial charge is 0.328 e. The summed E-state index contributed by atoms with van der Waals surface area (Å²) >= 11 is 0. The van der Waals surface area contributed by atoms with Crippen molar-refractivity contribution in [1.29, 1.82) is 0 Å². The van der Waals surface area contributed by atoms with E-state index in [-0.39, 0.29) is 5.56 Å². The quantitative estimate of drug-likeness (QED) is 0.849. The van der Waals surface area contributed by atoms with E-state index in [1.54, 1.807) is 0 Å². The zero-order valence-corrected chi connectivity index (χ0v) is 9.39. The summed E-state index contributed by atoms with van der Waals surface area (Å²) in [5.74, 6) is -1.67. The number of hydrogen-bond donors (Lipinski definition) is 1. The molecule has 0 saturated carbocycles. The monoisotopic (exact) mass is 267 g/mol. The summed E-state index contributed by atoms with van der Waals surface area (Å²) < 4.78 is 27.6. The minimum absolute atomic E-state index is 0.353. The fraction of sp³-hybridized carbons (Fsp3) is 0.0909. The third-order valence-electron chi connectivity index (χ3n) is 2.48. The second kappa shape index (κ2) is 4.92. The summed E-state index contributed by atoms with van der Waals surface area (Å²) in [7, 11) is 0. The van der Waals surface area contributed by atoms with Gasteiger partial charge in [0.25, 0.3) is 5.56 Å². The Morgan fingerprint density at radius 1 is 1.21 bits per heavy atom. The molecule has 0 aliphatic heterocycles. The van der Waals surface area contributed by atoms with Crippen molar-refractivity contribution >= 4 is 5.69 Å². The molecule has 1 aromatic carbocycles. The van der Waals surface area contributed by atoms with E-state index in [4.69, 9.17) is 0 Å². The molecule has 0 radical (unpaired) electrons. The van der Waals surface area contributed by atoms with Gasteiger partial charge in [0.05, 0.1) is 6.54 Å². The molecule has 2 rings (SSSR count). The highest BCUT2D eigenvalue weighted by molar-refractivity contribution is 5.30. The van der Waals surface area contributed by atoms with Crippen LogP contribution in [0.2, 0.25) is 0 Å².